The summed E-state index contributed by atoms with van der Waals surface area (Å²) >= 11 is 3.60. The largest absolute Gasteiger partial charge is 0.389 e. The highest BCUT2D eigenvalue weighted by Crippen LogP contribution is 2.36. The van der Waals surface area contributed by atoms with Crippen LogP contribution >= 0.6 is 15.9 Å². The normalized spacial score (nSPS) is 26.6. The number of nitrogens with zero attached hydrogens (tertiary/aromatic N) is 2. The van der Waals surface area contributed by atoms with Crippen molar-refractivity contribution in [1.82, 2.24) is 9.78 Å². The van der Waals surface area contributed by atoms with Gasteiger partial charge in [-0.15, -0.1) is 0 Å². The molecule has 0 aliphatic carbocycles. The van der Waals surface area contributed by atoms with Gasteiger partial charge in [-0.3, -0.25) is 4.68 Å². The molecule has 1 aromatic rings. The van der Waals surface area contributed by atoms with Crippen molar-refractivity contribution in [2.75, 3.05) is 6.61 Å². The molecule has 1 atom stereocenters. The number of aromatic nitrogens is 2. The second kappa shape index (κ2) is 5.19. The Morgan fingerprint density at radius 1 is 1.47 bits per heavy atom. The fourth-order valence-electron chi connectivity index (χ4n) is 2.95. The fraction of sp³-hybridized carbons (Fsp3) is 0.786. The van der Waals surface area contributed by atoms with Crippen LogP contribution in [0.5, 0.6) is 0 Å². The smallest absolute Gasteiger partial charge is 0.0752 e. The minimum absolute atomic E-state index is 0.258. The zero-order valence-electron chi connectivity index (χ0n) is 12.2. The lowest BCUT2D eigenvalue weighted by atomic mass is 9.81. The minimum atomic E-state index is -0.705. The summed E-state index contributed by atoms with van der Waals surface area (Å²) in [5.74, 6) is 0. The van der Waals surface area contributed by atoms with Gasteiger partial charge in [0.05, 0.1) is 33.7 Å². The van der Waals surface area contributed by atoms with Crippen molar-refractivity contribution < 1.29 is 9.84 Å². The molecule has 1 aromatic heterocycles. The second-order valence-electron chi connectivity index (χ2n) is 6.10. The van der Waals surface area contributed by atoms with Crippen LogP contribution in [0.1, 0.15) is 45.0 Å². The first-order valence-corrected chi connectivity index (χ1v) is 7.64. The van der Waals surface area contributed by atoms with E-state index in [0.29, 0.717) is 25.9 Å². The van der Waals surface area contributed by atoms with Crippen LogP contribution in [0.2, 0.25) is 0 Å². The monoisotopic (exact) mass is 330 g/mol. The predicted octanol–water partition coefficient (Wildman–Crippen LogP) is 2.84. The van der Waals surface area contributed by atoms with E-state index in [1.54, 1.807) is 0 Å². The first kappa shape index (κ1) is 15.0. The Balaban J connectivity index is 2.25. The molecule has 2 rings (SSSR count). The van der Waals surface area contributed by atoms with Crippen LogP contribution in [0.15, 0.2) is 4.47 Å². The molecule has 19 heavy (non-hydrogen) atoms. The lowest BCUT2D eigenvalue weighted by Gasteiger charge is -2.41. The van der Waals surface area contributed by atoms with Gasteiger partial charge in [-0.25, -0.2) is 0 Å². The van der Waals surface area contributed by atoms with Gasteiger partial charge in [0.25, 0.3) is 0 Å². The molecule has 1 saturated heterocycles. The molecule has 108 valence electrons. The number of halogens is 1. The van der Waals surface area contributed by atoms with Crippen molar-refractivity contribution in [3.63, 3.8) is 0 Å². The van der Waals surface area contributed by atoms with E-state index in [2.05, 4.69) is 28.0 Å². The molecule has 4 nitrogen and oxygen atoms in total. The molecule has 1 aliphatic rings. The van der Waals surface area contributed by atoms with Crippen LogP contribution in [0, 0.1) is 6.92 Å². The van der Waals surface area contributed by atoms with Crippen molar-refractivity contribution >= 4 is 15.9 Å². The Labute approximate surface area is 123 Å². The summed E-state index contributed by atoms with van der Waals surface area (Å²) in [6.45, 7) is 9.55. The number of aliphatic hydroxyl groups is 1. The number of hydrogen-bond donors (Lipinski definition) is 1. The first-order valence-electron chi connectivity index (χ1n) is 6.84. The van der Waals surface area contributed by atoms with Crippen LogP contribution in [0.4, 0.5) is 0 Å². The van der Waals surface area contributed by atoms with E-state index in [9.17, 15) is 5.11 Å². The highest BCUT2D eigenvalue weighted by Gasteiger charge is 2.40. The molecule has 1 N–H and O–H groups in total. The number of ether oxygens (including phenoxy) is 1. The molecular formula is C14H23BrN2O2. The average molecular weight is 331 g/mol. The van der Waals surface area contributed by atoms with E-state index in [1.807, 2.05) is 25.5 Å². The van der Waals surface area contributed by atoms with Crippen LogP contribution < -0.4 is 0 Å². The highest BCUT2D eigenvalue weighted by atomic mass is 79.9. The third kappa shape index (κ3) is 3.20. The van der Waals surface area contributed by atoms with Crippen molar-refractivity contribution in [3.05, 3.63) is 15.9 Å². The van der Waals surface area contributed by atoms with Crippen molar-refractivity contribution in [1.29, 1.82) is 0 Å². The van der Waals surface area contributed by atoms with Gasteiger partial charge in [-0.05, 0) is 50.0 Å². The standard InChI is InChI=1S/C14H23BrN2O2/c1-5-17-11(12(15)10(2)16-17)8-14(18)6-7-19-13(3,4)9-14/h18H,5-9H2,1-4H3. The summed E-state index contributed by atoms with van der Waals surface area (Å²) in [7, 11) is 0. The molecule has 0 saturated carbocycles. The number of rotatable bonds is 3. The van der Waals surface area contributed by atoms with E-state index in [-0.39, 0.29) is 5.60 Å². The van der Waals surface area contributed by atoms with Gasteiger partial charge in [0.15, 0.2) is 0 Å². The maximum atomic E-state index is 10.9. The Morgan fingerprint density at radius 3 is 2.74 bits per heavy atom. The SMILES string of the molecule is CCn1nc(C)c(Br)c1CC1(O)CCOC(C)(C)C1. The van der Waals surface area contributed by atoms with Crippen molar-refractivity contribution in [2.24, 2.45) is 0 Å². The molecule has 0 radical (unpaired) electrons. The molecule has 0 amide bonds. The molecule has 5 heteroatoms. The van der Waals surface area contributed by atoms with Crippen LogP contribution in [-0.4, -0.2) is 32.7 Å². The van der Waals surface area contributed by atoms with Gasteiger partial charge in [0.1, 0.15) is 0 Å². The summed E-state index contributed by atoms with van der Waals surface area (Å²) in [5.41, 5.74) is 1.10. The van der Waals surface area contributed by atoms with Gasteiger partial charge in [0, 0.05) is 19.4 Å². The molecule has 1 aliphatic heterocycles. The third-order valence-corrected chi connectivity index (χ3v) is 4.80. The zero-order valence-corrected chi connectivity index (χ0v) is 13.7. The summed E-state index contributed by atoms with van der Waals surface area (Å²) in [6, 6.07) is 0. The molecule has 1 fully saturated rings. The average Bonchev–Trinajstić information content (AvgIpc) is 2.54. The van der Waals surface area contributed by atoms with Crippen molar-refractivity contribution in [2.45, 2.75) is 64.7 Å². The maximum Gasteiger partial charge on any atom is 0.0752 e. The first-order chi connectivity index (χ1) is 8.76. The Hall–Kier alpha value is -0.390. The van der Waals surface area contributed by atoms with Crippen LogP contribution in [0.3, 0.4) is 0 Å². The molecule has 0 bridgehead atoms. The Kier molecular flexibility index (Phi) is 4.10. The lowest BCUT2D eigenvalue weighted by molar-refractivity contribution is -0.143. The predicted molar refractivity (Wildman–Crippen MR) is 78.3 cm³/mol. The maximum absolute atomic E-state index is 10.9. The van der Waals surface area contributed by atoms with E-state index in [1.165, 1.54) is 0 Å². The van der Waals surface area contributed by atoms with Gasteiger partial charge in [-0.1, -0.05) is 0 Å². The Bertz CT molecular complexity index is 470. The summed E-state index contributed by atoms with van der Waals surface area (Å²) < 4.78 is 8.69. The molecule has 0 aromatic carbocycles. The lowest BCUT2D eigenvalue weighted by Crippen LogP contribution is -2.47. The van der Waals surface area contributed by atoms with E-state index in [0.717, 1.165) is 22.4 Å². The van der Waals surface area contributed by atoms with E-state index in [4.69, 9.17) is 4.74 Å². The molecule has 0 spiro atoms. The topological polar surface area (TPSA) is 47.3 Å². The van der Waals surface area contributed by atoms with Gasteiger partial charge < -0.3 is 9.84 Å². The molecular weight excluding hydrogens is 308 g/mol. The van der Waals surface area contributed by atoms with Gasteiger partial charge in [-0.2, -0.15) is 5.10 Å². The second-order valence-corrected chi connectivity index (χ2v) is 6.89. The number of hydrogen-bond acceptors (Lipinski definition) is 3. The summed E-state index contributed by atoms with van der Waals surface area (Å²) in [4.78, 5) is 0. The van der Waals surface area contributed by atoms with Crippen LogP contribution in [0.25, 0.3) is 0 Å². The summed E-state index contributed by atoms with van der Waals surface area (Å²) in [6.07, 6.45) is 1.95. The van der Waals surface area contributed by atoms with Crippen LogP contribution in [-0.2, 0) is 17.7 Å². The number of aryl methyl sites for hydroxylation is 2. The highest BCUT2D eigenvalue weighted by molar-refractivity contribution is 9.10. The summed E-state index contributed by atoms with van der Waals surface area (Å²) in [5, 5.41) is 15.4. The quantitative estimate of drug-likeness (QED) is 0.926. The third-order valence-electron chi connectivity index (χ3n) is 3.76. The van der Waals surface area contributed by atoms with E-state index < -0.39 is 5.60 Å². The zero-order chi connectivity index (χ0) is 14.3. The minimum Gasteiger partial charge on any atom is -0.389 e. The van der Waals surface area contributed by atoms with Gasteiger partial charge >= 0.3 is 0 Å². The molecule has 2 heterocycles. The fourth-order valence-corrected chi connectivity index (χ4v) is 3.37. The van der Waals surface area contributed by atoms with Crippen molar-refractivity contribution in [3.8, 4) is 0 Å². The Morgan fingerprint density at radius 2 is 2.16 bits per heavy atom. The molecule has 1 unspecified atom stereocenters. The van der Waals surface area contributed by atoms with Gasteiger partial charge in [0.2, 0.25) is 0 Å². The van der Waals surface area contributed by atoms with E-state index >= 15 is 0 Å².